The number of amides is 3. The van der Waals surface area contributed by atoms with Gasteiger partial charge < -0.3 is 10.1 Å². The molecule has 0 atom stereocenters. The lowest BCUT2D eigenvalue weighted by Gasteiger charge is -2.20. The number of anilines is 1. The first kappa shape index (κ1) is 19.0. The molecule has 8 heteroatoms. The lowest BCUT2D eigenvalue weighted by molar-refractivity contribution is -0.135. The van der Waals surface area contributed by atoms with E-state index in [1.807, 2.05) is 0 Å². The maximum Gasteiger partial charge on any atom is 0.226 e. The number of hydrogen-bond acceptors (Lipinski definition) is 6. The number of ether oxygens (including phenoxy) is 1. The quantitative estimate of drug-likeness (QED) is 0.436. The highest BCUT2D eigenvalue weighted by molar-refractivity contribution is 5.99. The van der Waals surface area contributed by atoms with E-state index in [9.17, 15) is 14.4 Å². The predicted octanol–water partition coefficient (Wildman–Crippen LogP) is 1.59. The molecule has 0 radical (unpaired) electrons. The van der Waals surface area contributed by atoms with Gasteiger partial charge in [0.05, 0.1) is 12.8 Å². The Kier molecular flexibility index (Phi) is 6.37. The van der Waals surface area contributed by atoms with E-state index in [-0.39, 0.29) is 42.9 Å². The number of aromatic nitrogens is 2. The molecule has 1 fully saturated rings. The van der Waals surface area contributed by atoms with E-state index in [0.717, 1.165) is 0 Å². The summed E-state index contributed by atoms with van der Waals surface area (Å²) in [7, 11) is 1.49. The summed E-state index contributed by atoms with van der Waals surface area (Å²) in [6.45, 7) is 7.44. The second kappa shape index (κ2) is 8.70. The highest BCUT2D eigenvalue weighted by Gasteiger charge is 2.26. The molecule has 2 rings (SSSR count). The van der Waals surface area contributed by atoms with Crippen molar-refractivity contribution in [1.29, 1.82) is 0 Å². The number of carbonyl (C=O) groups is 3. The van der Waals surface area contributed by atoms with E-state index < -0.39 is 0 Å². The third-order valence-electron chi connectivity index (χ3n) is 3.74. The summed E-state index contributed by atoms with van der Waals surface area (Å²) in [5.41, 5.74) is 1.12. The van der Waals surface area contributed by atoms with E-state index in [2.05, 4.69) is 33.8 Å². The minimum Gasteiger partial charge on any atom is -0.497 e. The lowest BCUT2D eigenvalue weighted by Crippen LogP contribution is -2.39. The van der Waals surface area contributed by atoms with Crippen LogP contribution in [0, 0.1) is 5.92 Å². The number of piperidine rings is 1. The Morgan fingerprint density at radius 2 is 2.08 bits per heavy atom. The molecule has 0 bridgehead atoms. The molecule has 2 N–H and O–H groups in total. The molecule has 2 heterocycles. The average molecular weight is 356 g/mol. The van der Waals surface area contributed by atoms with Crippen molar-refractivity contribution >= 4 is 29.1 Å². The molecule has 1 aromatic heterocycles. The molecule has 26 heavy (non-hydrogen) atoms. The van der Waals surface area contributed by atoms with Gasteiger partial charge in [0.25, 0.3) is 0 Å². The largest absolute Gasteiger partial charge is 0.497 e. The number of allylic oxidation sites excluding steroid dienone is 3. The molecule has 1 aliphatic heterocycles. The van der Waals surface area contributed by atoms with Gasteiger partial charge >= 0.3 is 0 Å². The van der Waals surface area contributed by atoms with E-state index in [4.69, 9.17) is 4.74 Å². The zero-order valence-electron chi connectivity index (χ0n) is 14.4. The molecule has 0 aromatic carbocycles. The van der Waals surface area contributed by atoms with Gasteiger partial charge in [-0.2, -0.15) is 0 Å². The van der Waals surface area contributed by atoms with Crippen molar-refractivity contribution in [3.63, 3.8) is 0 Å². The molecule has 0 saturated carbocycles. The monoisotopic (exact) mass is 356 g/mol. The zero-order valence-corrected chi connectivity index (χ0v) is 14.4. The number of methoxy groups -OCH3 is 1. The van der Waals surface area contributed by atoms with Crippen molar-refractivity contribution in [3.05, 3.63) is 49.2 Å². The van der Waals surface area contributed by atoms with Crippen molar-refractivity contribution < 1.29 is 19.1 Å². The Balaban J connectivity index is 2.08. The molecule has 136 valence electrons. The third kappa shape index (κ3) is 5.10. The minimum absolute atomic E-state index is 0.0542. The van der Waals surface area contributed by atoms with Crippen LogP contribution in [0.4, 0.5) is 5.82 Å². The summed E-state index contributed by atoms with van der Waals surface area (Å²) < 4.78 is 5.13. The maximum atomic E-state index is 12.2. The van der Waals surface area contributed by atoms with Crippen LogP contribution in [0.3, 0.4) is 0 Å². The van der Waals surface area contributed by atoms with Crippen LogP contribution < -0.4 is 10.6 Å². The summed E-state index contributed by atoms with van der Waals surface area (Å²) >= 11 is 0. The fourth-order valence-electron chi connectivity index (χ4n) is 2.58. The minimum atomic E-state index is -0.361. The number of hydrogen-bond donors (Lipinski definition) is 2. The van der Waals surface area contributed by atoms with Gasteiger partial charge in [0.2, 0.25) is 17.7 Å². The second-order valence-corrected chi connectivity index (χ2v) is 5.73. The molecule has 1 saturated heterocycles. The number of carbonyl (C=O) groups excluding carboxylic acids is 3. The van der Waals surface area contributed by atoms with Crippen LogP contribution in [0.1, 0.15) is 25.0 Å². The Hall–Kier alpha value is -3.29. The van der Waals surface area contributed by atoms with Crippen LogP contribution in [0.15, 0.2) is 43.5 Å². The summed E-state index contributed by atoms with van der Waals surface area (Å²) in [5, 5.41) is 4.87. The van der Waals surface area contributed by atoms with Crippen molar-refractivity contribution in [2.75, 3.05) is 12.4 Å². The third-order valence-corrected chi connectivity index (χ3v) is 3.74. The highest BCUT2D eigenvalue weighted by Crippen LogP contribution is 2.23. The lowest BCUT2D eigenvalue weighted by atomic mass is 9.93. The molecule has 8 nitrogen and oxygen atoms in total. The maximum absolute atomic E-state index is 12.2. The molecule has 1 aromatic rings. The summed E-state index contributed by atoms with van der Waals surface area (Å²) in [6, 6.07) is 1.58. The molecule has 0 unspecified atom stereocenters. The molecule has 0 aliphatic carbocycles. The van der Waals surface area contributed by atoms with E-state index in [0.29, 0.717) is 22.8 Å². The van der Waals surface area contributed by atoms with Crippen LogP contribution in [0.25, 0.3) is 5.57 Å². The molecular formula is C18H20N4O4. The fraction of sp³-hybridized carbons (Fsp3) is 0.278. The molecular weight excluding hydrogens is 336 g/mol. The predicted molar refractivity (Wildman–Crippen MR) is 95.5 cm³/mol. The van der Waals surface area contributed by atoms with Crippen molar-refractivity contribution in [3.8, 4) is 0 Å². The second-order valence-electron chi connectivity index (χ2n) is 5.73. The van der Waals surface area contributed by atoms with Gasteiger partial charge in [-0.1, -0.05) is 19.2 Å². The van der Waals surface area contributed by atoms with Gasteiger partial charge in [0, 0.05) is 30.9 Å². The van der Waals surface area contributed by atoms with Gasteiger partial charge in [0.1, 0.15) is 17.9 Å². The van der Waals surface area contributed by atoms with Crippen LogP contribution in [-0.2, 0) is 19.1 Å². The van der Waals surface area contributed by atoms with Crippen molar-refractivity contribution in [2.45, 2.75) is 19.3 Å². The summed E-state index contributed by atoms with van der Waals surface area (Å²) in [4.78, 5) is 43.1. The van der Waals surface area contributed by atoms with Gasteiger partial charge in [-0.15, -0.1) is 0 Å². The summed E-state index contributed by atoms with van der Waals surface area (Å²) in [5.74, 6) is -0.677. The first-order valence-corrected chi connectivity index (χ1v) is 7.93. The van der Waals surface area contributed by atoms with Crippen LogP contribution in [-0.4, -0.2) is 34.8 Å². The SMILES string of the molecule is C=C/C=C(\C(=C)OC)c1cc(NC(=O)CC2CC(=O)NC(=O)C2)ncn1. The Labute approximate surface area is 151 Å². The smallest absolute Gasteiger partial charge is 0.226 e. The van der Waals surface area contributed by atoms with Crippen LogP contribution in [0.5, 0.6) is 0 Å². The molecule has 3 amide bonds. The Morgan fingerprint density at radius 3 is 2.69 bits per heavy atom. The normalized spacial score (nSPS) is 15.2. The van der Waals surface area contributed by atoms with E-state index in [1.54, 1.807) is 18.2 Å². The van der Waals surface area contributed by atoms with Crippen molar-refractivity contribution in [2.24, 2.45) is 5.92 Å². The van der Waals surface area contributed by atoms with Crippen LogP contribution in [0.2, 0.25) is 0 Å². The molecule has 0 spiro atoms. The number of rotatable bonds is 7. The van der Waals surface area contributed by atoms with Gasteiger partial charge in [-0.3, -0.25) is 19.7 Å². The van der Waals surface area contributed by atoms with Gasteiger partial charge in [-0.25, -0.2) is 9.97 Å². The van der Waals surface area contributed by atoms with Crippen molar-refractivity contribution in [1.82, 2.24) is 15.3 Å². The highest BCUT2D eigenvalue weighted by atomic mass is 16.5. The van der Waals surface area contributed by atoms with Gasteiger partial charge in [-0.05, 0) is 12.0 Å². The topological polar surface area (TPSA) is 110 Å². The molecule has 1 aliphatic rings. The summed E-state index contributed by atoms with van der Waals surface area (Å²) in [6.07, 6.45) is 4.92. The standard InChI is InChI=1S/C18H20N4O4/c1-4-5-13(11(2)26-3)14-9-15(20-10-19-14)21-16(23)6-12-7-17(24)22-18(25)8-12/h4-5,9-10,12H,1-2,6-8H2,3H3,(H,22,24,25)(H,19,20,21,23)/b13-5+. The number of nitrogens with zero attached hydrogens (tertiary/aromatic N) is 2. The van der Waals surface area contributed by atoms with E-state index >= 15 is 0 Å². The first-order valence-electron chi connectivity index (χ1n) is 7.93. The number of nitrogens with one attached hydrogen (secondary N) is 2. The van der Waals surface area contributed by atoms with Crippen LogP contribution >= 0.6 is 0 Å². The number of imide groups is 1. The fourth-order valence-corrected chi connectivity index (χ4v) is 2.58. The first-order chi connectivity index (χ1) is 12.4. The van der Waals surface area contributed by atoms with E-state index in [1.165, 1.54) is 13.4 Å². The zero-order chi connectivity index (χ0) is 19.1. The van der Waals surface area contributed by atoms with Gasteiger partial charge in [0.15, 0.2) is 0 Å². The average Bonchev–Trinajstić information content (AvgIpc) is 2.58. The Bertz CT molecular complexity index is 769. The Morgan fingerprint density at radius 1 is 1.38 bits per heavy atom.